The van der Waals surface area contributed by atoms with Crippen LogP contribution in [-0.2, 0) is 25.4 Å². The number of fused-ring (bicyclic) bond motifs is 1. The molecule has 0 spiro atoms. The second-order valence-electron chi connectivity index (χ2n) is 23.7. The number of H-pyrrole nitrogens is 7. The number of carbonyl (C=O) groups is 9. The molecule has 12 aromatic rings. The number of nitrogens with one attached hydrogen (secondary N) is 10. The van der Waals surface area contributed by atoms with Crippen molar-refractivity contribution in [2.45, 2.75) is 68.7 Å². The maximum Gasteiger partial charge on any atom is 0.355 e. The van der Waals surface area contributed by atoms with E-state index >= 15 is 0 Å². The van der Waals surface area contributed by atoms with Gasteiger partial charge in [0.25, 0.3) is 17.7 Å². The number of anilines is 2. The van der Waals surface area contributed by atoms with Crippen molar-refractivity contribution < 1.29 is 57.4 Å². The first-order valence-electron chi connectivity index (χ1n) is 33.1. The van der Waals surface area contributed by atoms with Gasteiger partial charge in [0, 0.05) is 111 Å². The lowest BCUT2D eigenvalue weighted by molar-refractivity contribution is -0.139. The number of amides is 3. The van der Waals surface area contributed by atoms with E-state index in [1.165, 1.54) is 14.2 Å². The zero-order valence-corrected chi connectivity index (χ0v) is 68.4. The van der Waals surface area contributed by atoms with E-state index in [1.54, 1.807) is 133 Å². The first kappa shape index (κ1) is 88.0. The van der Waals surface area contributed by atoms with E-state index in [4.69, 9.17) is 68.0 Å². The highest BCUT2D eigenvalue weighted by Crippen LogP contribution is 2.29. The third-order valence-electron chi connectivity index (χ3n) is 16.1. The Labute approximate surface area is 675 Å². The van der Waals surface area contributed by atoms with Crippen LogP contribution in [0.2, 0.25) is 25.1 Å². The second-order valence-corrected chi connectivity index (χ2v) is 27.5. The fraction of sp³-hybridized carbons (Fsp3) is 0.175. The molecule has 0 atom stereocenters. The summed E-state index contributed by atoms with van der Waals surface area (Å²) in [5.74, 6) is -1.86. The number of aromatic nitrogens is 7. The van der Waals surface area contributed by atoms with Gasteiger partial charge in [0.15, 0.2) is 18.4 Å². The van der Waals surface area contributed by atoms with Crippen molar-refractivity contribution in [2.75, 3.05) is 38.5 Å². The molecule has 0 bridgehead atoms. The Balaban J connectivity index is 0.000000201. The molecule has 30 heteroatoms. The molecule has 572 valence electrons. The van der Waals surface area contributed by atoms with E-state index in [0.717, 1.165) is 59.3 Å². The van der Waals surface area contributed by atoms with Crippen LogP contribution < -0.4 is 16.0 Å². The minimum absolute atomic E-state index is 0.0666. The van der Waals surface area contributed by atoms with E-state index in [-0.39, 0.29) is 52.6 Å². The fourth-order valence-electron chi connectivity index (χ4n) is 10.3. The number of methoxy groups -OCH3 is 2. The lowest BCUT2D eigenvalue weighted by Gasteiger charge is -2.03. The molecule has 0 aliphatic carbocycles. The van der Waals surface area contributed by atoms with Crippen molar-refractivity contribution in [3.8, 4) is 17.2 Å². The van der Waals surface area contributed by atoms with Crippen LogP contribution in [0.15, 0.2) is 155 Å². The summed E-state index contributed by atoms with van der Waals surface area (Å²) in [5, 5.41) is 20.9. The number of hydrogen-bond acceptors (Lipinski definition) is 13. The average Bonchev–Trinajstić information content (AvgIpc) is 1.66. The lowest BCUT2D eigenvalue weighted by atomic mass is 10.0. The molecule has 23 nitrogen and oxygen atoms in total. The van der Waals surface area contributed by atoms with Gasteiger partial charge in [-0.25, -0.2) is 9.59 Å². The number of benzene rings is 5. The third-order valence-corrected chi connectivity index (χ3v) is 19.2. The number of hydrogen-bond donors (Lipinski definition) is 10. The summed E-state index contributed by atoms with van der Waals surface area (Å²) in [7, 11) is 4.17. The summed E-state index contributed by atoms with van der Waals surface area (Å²) in [6.45, 7) is 16.8. The van der Waals surface area contributed by atoms with Gasteiger partial charge in [-0.2, -0.15) is 5.26 Å². The number of carbonyl (C=O) groups excluding carboxylic acids is 9. The van der Waals surface area contributed by atoms with Gasteiger partial charge in [-0.3, -0.25) is 33.6 Å². The van der Waals surface area contributed by atoms with Crippen LogP contribution in [0.3, 0.4) is 0 Å². The van der Waals surface area contributed by atoms with Crippen LogP contribution in [0.4, 0.5) is 11.4 Å². The molecule has 110 heavy (non-hydrogen) atoms. The van der Waals surface area contributed by atoms with Crippen LogP contribution in [0.25, 0.3) is 22.0 Å². The van der Waals surface area contributed by atoms with Crippen LogP contribution in [0.1, 0.15) is 152 Å². The number of rotatable bonds is 15. The molecule has 0 unspecified atom stereocenters. The monoisotopic (exact) mass is 1720 g/mol. The molecule has 5 aromatic carbocycles. The van der Waals surface area contributed by atoms with Gasteiger partial charge in [0.1, 0.15) is 28.8 Å². The van der Waals surface area contributed by atoms with E-state index in [9.17, 15) is 43.2 Å². The number of para-hydroxylation sites is 1. The molecular weight excluding hydrogens is 1640 g/mol. The van der Waals surface area contributed by atoms with E-state index in [2.05, 4.69) is 98.2 Å². The van der Waals surface area contributed by atoms with Gasteiger partial charge < -0.3 is 65.0 Å². The number of ketones is 1. The van der Waals surface area contributed by atoms with Crippen molar-refractivity contribution in [3.63, 3.8) is 0 Å². The minimum atomic E-state index is -0.444. The second kappa shape index (κ2) is 42.1. The number of aromatic amines is 7. The van der Waals surface area contributed by atoms with Gasteiger partial charge in [-0.05, 0) is 226 Å². The number of esters is 3. The van der Waals surface area contributed by atoms with Crippen LogP contribution in [-0.4, -0.2) is 117 Å². The molecule has 10 N–H and O–H groups in total. The standard InChI is InChI=1S/C14H13ClN2O2.2C12H10BrClN2O.C12H9ClN2.C12H13NO2.C11H15NO4.C7H6ClNO2/c1-8-11(7-12(17-8)14(19)16-2)13(18)9-3-5-10(15)6-4-9;1-7-10(13)6-11(15-7)12(17)16-9-4-2-8(14)3-5-9;1-7-6-10(16-11(7)13)12(17)15-9-4-2-8(14)3-5-9;1-8-11(6-14)12(7-15-8)9-2-4-10(13)5-3-9;1-3-15-12(14)11-8(2)9-6-4-5-7-10(9)13-11;1-6-8(5-9(13)15-3)10(7(2)12-6)11(14)16-4;1-4-5(2-10)7(8)6(3-11)9-4/h3-7,17H,1-2H3,(H,16,19);2-6,15H,1H3,(H,16,17);2-6,16H,1H3,(H,15,17);2-5,7,15H,1H3;4-7,13H,3H2,1-2H3;12H,5H2,1-4H3;2-3,9H,1H3. The number of halogens is 7. The van der Waals surface area contributed by atoms with Gasteiger partial charge in [0.05, 0.1) is 59.3 Å². The topological polar surface area (TPSA) is 352 Å². The molecule has 3 amide bonds. The van der Waals surface area contributed by atoms with Gasteiger partial charge >= 0.3 is 17.9 Å². The molecule has 0 fully saturated rings. The maximum absolute atomic E-state index is 12.3. The number of ether oxygens (including phenoxy) is 3. The highest BCUT2D eigenvalue weighted by atomic mass is 79.9. The first-order valence-corrected chi connectivity index (χ1v) is 36.6. The molecule has 0 saturated heterocycles. The first-order chi connectivity index (χ1) is 52.3. The van der Waals surface area contributed by atoms with Crippen LogP contribution in [0.5, 0.6) is 0 Å². The van der Waals surface area contributed by atoms with E-state index < -0.39 is 5.97 Å². The molecule has 0 radical (unpaired) electrons. The molecule has 7 aromatic heterocycles. The third kappa shape index (κ3) is 24.3. The Kier molecular flexibility index (Phi) is 33.7. The highest BCUT2D eigenvalue weighted by molar-refractivity contribution is 9.10. The Morgan fingerprint density at radius 2 is 1.10 bits per heavy atom. The predicted octanol–water partition coefficient (Wildman–Crippen LogP) is 19.5. The minimum Gasteiger partial charge on any atom is -0.469 e. The van der Waals surface area contributed by atoms with E-state index in [1.807, 2.05) is 82.4 Å². The van der Waals surface area contributed by atoms with Crippen molar-refractivity contribution in [1.29, 1.82) is 5.26 Å². The number of nitriles is 1. The van der Waals surface area contributed by atoms with E-state index in [0.29, 0.717) is 124 Å². The van der Waals surface area contributed by atoms with Crippen molar-refractivity contribution in [3.05, 3.63) is 287 Å². The summed E-state index contributed by atoms with van der Waals surface area (Å²) in [6, 6.07) is 43.2. The zero-order chi connectivity index (χ0) is 81.2. The number of aryl methyl sites for hydroxylation is 8. The van der Waals surface area contributed by atoms with Crippen LogP contribution in [0, 0.1) is 66.7 Å². The SMILES string of the molecule is CCOC(=O)c1[nH]c2ccccc2c1C.CNC(=O)c1cc(C(=O)c2ccc(Cl)cc2)c(C)[nH]1.COC(=O)Cc1c(C)[nH]c(C)c1C(=O)OC.Cc1[nH]c(C(=O)Nc2ccc(Cl)cc2)cc1Br.Cc1[nH]c(C=O)c(Cl)c1C=O.Cc1[nH]cc(-c2ccc(Cl)cc2)c1C#N.Cc1cc(C(=O)Nc2ccc(Cl)cc2)[nH]c1Br. The summed E-state index contributed by atoms with van der Waals surface area (Å²) in [4.78, 5) is 123. The smallest absolute Gasteiger partial charge is 0.355 e. The Hall–Kier alpha value is -11.0. The maximum atomic E-state index is 12.3. The molecule has 0 aliphatic rings. The van der Waals surface area contributed by atoms with Crippen LogP contribution >= 0.6 is 89.9 Å². The molecule has 7 heterocycles. The molecule has 0 aliphatic heterocycles. The Bertz CT molecular complexity index is 5160. The van der Waals surface area contributed by atoms with Crippen molar-refractivity contribution >= 4 is 166 Å². The lowest BCUT2D eigenvalue weighted by Crippen LogP contribution is -2.18. The number of aldehydes is 2. The summed E-state index contributed by atoms with van der Waals surface area (Å²) in [5.41, 5.74) is 16.2. The van der Waals surface area contributed by atoms with Gasteiger partial charge in [0.2, 0.25) is 0 Å². The highest BCUT2D eigenvalue weighted by Gasteiger charge is 2.23. The Morgan fingerprint density at radius 1 is 0.564 bits per heavy atom. The van der Waals surface area contributed by atoms with Crippen molar-refractivity contribution in [1.82, 2.24) is 40.2 Å². The van der Waals surface area contributed by atoms with Gasteiger partial charge in [-0.15, -0.1) is 0 Å². The number of nitrogens with zero attached hydrogens (tertiary/aromatic N) is 1. The largest absolute Gasteiger partial charge is 0.469 e. The predicted molar refractivity (Wildman–Crippen MR) is 437 cm³/mol. The summed E-state index contributed by atoms with van der Waals surface area (Å²) in [6.07, 6.45) is 3.12. The molecular formula is C80H76Br2Cl5N11O12. The van der Waals surface area contributed by atoms with Crippen molar-refractivity contribution in [2.24, 2.45) is 0 Å². The zero-order valence-electron chi connectivity index (χ0n) is 61.4. The average molecular weight is 1720 g/mol. The fourth-order valence-corrected chi connectivity index (χ4v) is 11.7. The van der Waals surface area contributed by atoms with Gasteiger partial charge in [-0.1, -0.05) is 88.3 Å². The molecule has 12 rings (SSSR count). The summed E-state index contributed by atoms with van der Waals surface area (Å²) >= 11 is 35.4. The normalized spacial score (nSPS) is 10.2. The molecule has 0 saturated carbocycles. The quantitative estimate of drug-likeness (QED) is 0.0198. The Morgan fingerprint density at radius 3 is 1.56 bits per heavy atom. The summed E-state index contributed by atoms with van der Waals surface area (Å²) < 4.78 is 15.9.